The van der Waals surface area contributed by atoms with Crippen molar-refractivity contribution in [2.45, 2.75) is 26.8 Å². The summed E-state index contributed by atoms with van der Waals surface area (Å²) >= 11 is 0. The second-order valence-corrected chi connectivity index (χ2v) is 7.27. The van der Waals surface area contributed by atoms with Crippen LogP contribution in [0.4, 0.5) is 5.69 Å². The van der Waals surface area contributed by atoms with Gasteiger partial charge in [-0.1, -0.05) is 26.0 Å². The first-order valence-electron chi connectivity index (χ1n) is 6.48. The van der Waals surface area contributed by atoms with Gasteiger partial charge in [-0.2, -0.15) is 0 Å². The zero-order chi connectivity index (χ0) is 15.5. The van der Waals surface area contributed by atoms with Crippen molar-refractivity contribution in [3.8, 4) is 0 Å². The zero-order valence-electron chi connectivity index (χ0n) is 12.5. The number of carbonyl (C=O) groups excluding carboxylic acids is 1. The van der Waals surface area contributed by atoms with E-state index in [1.165, 1.54) is 7.05 Å². The summed E-state index contributed by atoms with van der Waals surface area (Å²) in [7, 11) is -1.97. The van der Waals surface area contributed by atoms with Gasteiger partial charge in [0.15, 0.2) is 0 Å². The number of benzene rings is 1. The molecule has 1 amide bonds. The second kappa shape index (κ2) is 6.26. The molecular formula is C14H22N2O3S. The number of nitrogens with zero attached hydrogens (tertiary/aromatic N) is 1. The molecule has 0 aliphatic carbocycles. The van der Waals surface area contributed by atoms with Crippen LogP contribution in [0, 0.1) is 5.92 Å². The maximum Gasteiger partial charge on any atom is 0.253 e. The van der Waals surface area contributed by atoms with E-state index in [4.69, 9.17) is 0 Å². The maximum absolute atomic E-state index is 12.3. The van der Waals surface area contributed by atoms with Gasteiger partial charge >= 0.3 is 0 Å². The molecule has 1 aromatic carbocycles. The van der Waals surface area contributed by atoms with E-state index >= 15 is 0 Å². The fraction of sp³-hybridized carbons (Fsp3) is 0.500. The molecule has 112 valence electrons. The molecule has 0 saturated heterocycles. The molecule has 1 atom stereocenters. The molecular weight excluding hydrogens is 276 g/mol. The van der Waals surface area contributed by atoms with Gasteiger partial charge in [-0.15, -0.1) is 0 Å². The Morgan fingerprint density at radius 2 is 1.75 bits per heavy atom. The van der Waals surface area contributed by atoms with Gasteiger partial charge in [0.1, 0.15) is 0 Å². The molecule has 0 fully saturated rings. The molecule has 6 heteroatoms. The lowest BCUT2D eigenvalue weighted by Crippen LogP contribution is -2.37. The maximum atomic E-state index is 12.3. The van der Waals surface area contributed by atoms with E-state index in [2.05, 4.69) is 5.32 Å². The lowest BCUT2D eigenvalue weighted by atomic mass is 10.1. The van der Waals surface area contributed by atoms with Crippen molar-refractivity contribution < 1.29 is 13.2 Å². The predicted molar refractivity (Wildman–Crippen MR) is 81.5 cm³/mol. The first-order valence-corrected chi connectivity index (χ1v) is 8.33. The first kappa shape index (κ1) is 16.5. The van der Waals surface area contributed by atoms with E-state index in [1.54, 1.807) is 24.3 Å². The topological polar surface area (TPSA) is 66.5 Å². The number of anilines is 1. The second-order valence-electron chi connectivity index (χ2n) is 5.25. The highest BCUT2D eigenvalue weighted by atomic mass is 32.2. The molecule has 0 aliphatic heterocycles. The number of rotatable bonds is 5. The number of nitrogens with one attached hydrogen (secondary N) is 1. The van der Waals surface area contributed by atoms with Crippen LogP contribution in [-0.2, 0) is 10.0 Å². The van der Waals surface area contributed by atoms with Crippen LogP contribution in [0.15, 0.2) is 24.3 Å². The van der Waals surface area contributed by atoms with Crippen LogP contribution >= 0.6 is 0 Å². The SMILES string of the molecule is CC(C)[C@H](C)NC(=O)c1ccccc1N(C)S(C)(=O)=O. The molecule has 0 heterocycles. The van der Waals surface area contributed by atoms with E-state index in [0.29, 0.717) is 17.2 Å². The van der Waals surface area contributed by atoms with Crippen molar-refractivity contribution in [3.63, 3.8) is 0 Å². The number of para-hydroxylation sites is 1. The Kier molecular flexibility index (Phi) is 5.16. The first-order chi connectivity index (χ1) is 9.14. The molecule has 1 aromatic rings. The third-order valence-electron chi connectivity index (χ3n) is 3.34. The summed E-state index contributed by atoms with van der Waals surface area (Å²) in [5.41, 5.74) is 0.733. The van der Waals surface area contributed by atoms with Crippen molar-refractivity contribution >= 4 is 21.6 Å². The third kappa shape index (κ3) is 3.96. The lowest BCUT2D eigenvalue weighted by Gasteiger charge is -2.22. The average Bonchev–Trinajstić information content (AvgIpc) is 2.36. The normalized spacial score (nSPS) is 13.1. The van der Waals surface area contributed by atoms with Crippen LogP contribution in [0.1, 0.15) is 31.1 Å². The monoisotopic (exact) mass is 298 g/mol. The fourth-order valence-corrected chi connectivity index (χ4v) is 2.09. The summed E-state index contributed by atoms with van der Waals surface area (Å²) in [5, 5.41) is 2.88. The molecule has 0 radical (unpaired) electrons. The highest BCUT2D eigenvalue weighted by molar-refractivity contribution is 7.92. The molecule has 0 bridgehead atoms. The Balaban J connectivity index is 3.11. The van der Waals surface area contributed by atoms with Crippen molar-refractivity contribution in [2.75, 3.05) is 17.6 Å². The Morgan fingerprint density at radius 3 is 2.25 bits per heavy atom. The summed E-state index contributed by atoms with van der Waals surface area (Å²) in [6.45, 7) is 5.95. The van der Waals surface area contributed by atoms with E-state index in [1.807, 2.05) is 20.8 Å². The van der Waals surface area contributed by atoms with Crippen LogP contribution in [-0.4, -0.2) is 33.7 Å². The van der Waals surface area contributed by atoms with Crippen LogP contribution in [0.5, 0.6) is 0 Å². The van der Waals surface area contributed by atoms with E-state index in [-0.39, 0.29) is 11.9 Å². The molecule has 5 nitrogen and oxygen atoms in total. The minimum atomic E-state index is -3.40. The highest BCUT2D eigenvalue weighted by Crippen LogP contribution is 2.21. The third-order valence-corrected chi connectivity index (χ3v) is 4.54. The van der Waals surface area contributed by atoms with Crippen LogP contribution < -0.4 is 9.62 Å². The number of hydrogen-bond acceptors (Lipinski definition) is 3. The van der Waals surface area contributed by atoms with Gasteiger partial charge in [0.2, 0.25) is 10.0 Å². The van der Waals surface area contributed by atoms with E-state index in [9.17, 15) is 13.2 Å². The molecule has 0 unspecified atom stereocenters. The van der Waals surface area contributed by atoms with Gasteiger partial charge < -0.3 is 5.32 Å². The van der Waals surface area contributed by atoms with Gasteiger partial charge in [-0.3, -0.25) is 9.10 Å². The average molecular weight is 298 g/mol. The van der Waals surface area contributed by atoms with Crippen LogP contribution in [0.2, 0.25) is 0 Å². The standard InChI is InChI=1S/C14H22N2O3S/c1-10(2)11(3)15-14(17)12-8-6-7-9-13(12)16(4)20(5,18)19/h6-11H,1-5H3,(H,15,17)/t11-/m0/s1. The largest absolute Gasteiger partial charge is 0.349 e. The van der Waals surface area contributed by atoms with Crippen LogP contribution in [0.3, 0.4) is 0 Å². The Bertz CT molecular complexity index is 582. The van der Waals surface area contributed by atoms with Crippen LogP contribution in [0.25, 0.3) is 0 Å². The summed E-state index contributed by atoms with van der Waals surface area (Å²) in [6.07, 6.45) is 1.11. The summed E-state index contributed by atoms with van der Waals surface area (Å²) < 4.78 is 24.4. The zero-order valence-corrected chi connectivity index (χ0v) is 13.4. The summed E-state index contributed by atoms with van der Waals surface area (Å²) in [5.74, 6) is 0.0380. The minimum Gasteiger partial charge on any atom is -0.349 e. The van der Waals surface area contributed by atoms with Gasteiger partial charge in [0.05, 0.1) is 17.5 Å². The van der Waals surface area contributed by atoms with Crippen molar-refractivity contribution in [1.82, 2.24) is 5.32 Å². The highest BCUT2D eigenvalue weighted by Gasteiger charge is 2.20. The number of hydrogen-bond donors (Lipinski definition) is 1. The summed E-state index contributed by atoms with van der Waals surface area (Å²) in [6, 6.07) is 6.68. The smallest absolute Gasteiger partial charge is 0.253 e. The number of amides is 1. The number of sulfonamides is 1. The van der Waals surface area contributed by atoms with Gasteiger partial charge in [0.25, 0.3) is 5.91 Å². The minimum absolute atomic E-state index is 0.0131. The van der Waals surface area contributed by atoms with Crippen molar-refractivity contribution in [3.05, 3.63) is 29.8 Å². The summed E-state index contributed by atoms with van der Waals surface area (Å²) in [4.78, 5) is 12.3. The van der Waals surface area contributed by atoms with Crippen molar-refractivity contribution in [2.24, 2.45) is 5.92 Å². The lowest BCUT2D eigenvalue weighted by molar-refractivity contribution is 0.0931. The van der Waals surface area contributed by atoms with Gasteiger partial charge in [-0.25, -0.2) is 8.42 Å². The molecule has 1 rings (SSSR count). The molecule has 0 spiro atoms. The molecule has 0 aromatic heterocycles. The van der Waals surface area contributed by atoms with Gasteiger partial charge in [0, 0.05) is 13.1 Å². The fourth-order valence-electron chi connectivity index (χ4n) is 1.57. The quantitative estimate of drug-likeness (QED) is 0.902. The Morgan fingerprint density at radius 1 is 1.20 bits per heavy atom. The Labute approximate surface area is 121 Å². The molecule has 0 aliphatic rings. The molecule has 1 N–H and O–H groups in total. The predicted octanol–water partition coefficient (Wildman–Crippen LogP) is 1.86. The van der Waals surface area contributed by atoms with E-state index < -0.39 is 10.0 Å². The number of carbonyl (C=O) groups is 1. The molecule has 0 saturated carbocycles. The van der Waals surface area contributed by atoms with E-state index in [0.717, 1.165) is 10.6 Å². The van der Waals surface area contributed by atoms with Crippen molar-refractivity contribution in [1.29, 1.82) is 0 Å². The van der Waals surface area contributed by atoms with Gasteiger partial charge in [-0.05, 0) is 25.0 Å². The Hall–Kier alpha value is -1.56. The molecule has 20 heavy (non-hydrogen) atoms.